The van der Waals surface area contributed by atoms with E-state index in [4.69, 9.17) is 0 Å². The van der Waals surface area contributed by atoms with Crippen LogP contribution in [-0.2, 0) is 0 Å². The van der Waals surface area contributed by atoms with Gasteiger partial charge in [-0.25, -0.2) is 0 Å². The third-order valence-electron chi connectivity index (χ3n) is 3.08. The number of nitrogens with one attached hydrogen (secondary N) is 1. The summed E-state index contributed by atoms with van der Waals surface area (Å²) in [5, 5.41) is 14.2. The Labute approximate surface area is 112 Å². The Bertz CT molecular complexity index is 693. The molecule has 0 amide bonds. The summed E-state index contributed by atoms with van der Waals surface area (Å²) in [6, 6.07) is 18.4. The van der Waals surface area contributed by atoms with Crippen molar-refractivity contribution in [2.45, 2.75) is 6.92 Å². The molecule has 3 rings (SSSR count). The van der Waals surface area contributed by atoms with Crippen molar-refractivity contribution in [3.63, 3.8) is 0 Å². The summed E-state index contributed by atoms with van der Waals surface area (Å²) in [4.78, 5) is 0. The van der Waals surface area contributed by atoms with E-state index >= 15 is 0 Å². The maximum absolute atomic E-state index is 4.38. The van der Waals surface area contributed by atoms with Gasteiger partial charge in [0, 0.05) is 22.9 Å². The van der Waals surface area contributed by atoms with Gasteiger partial charge in [-0.2, -0.15) is 0 Å². The molecule has 0 aliphatic heterocycles. The fourth-order valence-corrected chi connectivity index (χ4v) is 2.21. The van der Waals surface area contributed by atoms with Crippen LogP contribution in [0.25, 0.3) is 22.0 Å². The lowest BCUT2D eigenvalue weighted by Gasteiger charge is -2.09. The lowest BCUT2D eigenvalue weighted by molar-refractivity contribution is 1.03. The molecule has 1 N–H and O–H groups in total. The van der Waals surface area contributed by atoms with E-state index < -0.39 is 0 Å². The molecule has 0 unspecified atom stereocenters. The van der Waals surface area contributed by atoms with Crippen molar-refractivity contribution in [3.05, 3.63) is 54.6 Å². The second-order valence-electron chi connectivity index (χ2n) is 4.34. The van der Waals surface area contributed by atoms with Crippen molar-refractivity contribution in [3.8, 4) is 11.3 Å². The highest BCUT2D eigenvalue weighted by Gasteiger charge is 2.09. The second kappa shape index (κ2) is 5.06. The van der Waals surface area contributed by atoms with Crippen molar-refractivity contribution in [1.82, 2.24) is 10.2 Å². The molecular weight excluding hydrogens is 234 g/mol. The van der Waals surface area contributed by atoms with E-state index in [1.54, 1.807) is 0 Å². The van der Waals surface area contributed by atoms with E-state index in [0.717, 1.165) is 34.4 Å². The minimum absolute atomic E-state index is 0.837. The molecule has 0 aliphatic carbocycles. The Morgan fingerprint density at radius 2 is 1.53 bits per heavy atom. The molecule has 2 aromatic carbocycles. The van der Waals surface area contributed by atoms with Crippen molar-refractivity contribution in [2.75, 3.05) is 11.9 Å². The summed E-state index contributed by atoms with van der Waals surface area (Å²) in [6.07, 6.45) is 0. The van der Waals surface area contributed by atoms with Crippen LogP contribution in [0.15, 0.2) is 54.6 Å². The van der Waals surface area contributed by atoms with E-state index in [1.807, 2.05) is 30.3 Å². The van der Waals surface area contributed by atoms with Gasteiger partial charge in [-0.3, -0.25) is 0 Å². The molecule has 0 saturated carbocycles. The van der Waals surface area contributed by atoms with Gasteiger partial charge in [0.15, 0.2) is 5.82 Å². The fourth-order valence-electron chi connectivity index (χ4n) is 2.21. The first-order valence-corrected chi connectivity index (χ1v) is 6.45. The number of rotatable bonds is 3. The molecule has 1 aromatic heterocycles. The van der Waals surface area contributed by atoms with Gasteiger partial charge in [0.25, 0.3) is 0 Å². The lowest BCUT2D eigenvalue weighted by atomic mass is 10.0. The Morgan fingerprint density at radius 3 is 2.26 bits per heavy atom. The van der Waals surface area contributed by atoms with E-state index in [2.05, 4.69) is 46.7 Å². The molecule has 0 spiro atoms. The van der Waals surface area contributed by atoms with Crippen molar-refractivity contribution >= 4 is 16.6 Å². The molecule has 3 nitrogen and oxygen atoms in total. The summed E-state index contributed by atoms with van der Waals surface area (Å²) < 4.78 is 0. The third-order valence-corrected chi connectivity index (χ3v) is 3.08. The monoisotopic (exact) mass is 249 g/mol. The minimum atomic E-state index is 0.837. The second-order valence-corrected chi connectivity index (χ2v) is 4.34. The zero-order chi connectivity index (χ0) is 13.1. The molecule has 19 heavy (non-hydrogen) atoms. The topological polar surface area (TPSA) is 37.8 Å². The number of anilines is 1. The number of nitrogens with zero attached hydrogens (tertiary/aromatic N) is 2. The van der Waals surface area contributed by atoms with E-state index in [-0.39, 0.29) is 0 Å². The number of hydrogen-bond acceptors (Lipinski definition) is 3. The average molecular weight is 249 g/mol. The molecule has 3 heteroatoms. The Hall–Kier alpha value is -2.42. The molecule has 0 bridgehead atoms. The van der Waals surface area contributed by atoms with Gasteiger partial charge in [-0.15, -0.1) is 10.2 Å². The summed E-state index contributed by atoms with van der Waals surface area (Å²) in [5.74, 6) is 0.845. The zero-order valence-electron chi connectivity index (χ0n) is 10.8. The first-order chi connectivity index (χ1) is 9.40. The van der Waals surface area contributed by atoms with Gasteiger partial charge >= 0.3 is 0 Å². The molecule has 0 atom stereocenters. The third kappa shape index (κ3) is 2.15. The zero-order valence-corrected chi connectivity index (χ0v) is 10.8. The average Bonchev–Trinajstić information content (AvgIpc) is 2.49. The van der Waals surface area contributed by atoms with Gasteiger partial charge in [-0.05, 0) is 6.92 Å². The highest BCUT2D eigenvalue weighted by Crippen LogP contribution is 2.29. The minimum Gasteiger partial charge on any atom is -0.368 e. The largest absolute Gasteiger partial charge is 0.368 e. The lowest BCUT2D eigenvalue weighted by Crippen LogP contribution is -2.02. The van der Waals surface area contributed by atoms with E-state index in [0.29, 0.717) is 0 Å². The Balaban J connectivity index is 2.25. The number of benzene rings is 2. The SMILES string of the molecule is CCNc1nnc(-c2ccccc2)c2ccccc12. The predicted molar refractivity (Wildman–Crippen MR) is 79.1 cm³/mol. The van der Waals surface area contributed by atoms with Crippen LogP contribution in [0.3, 0.4) is 0 Å². The molecule has 0 aliphatic rings. The van der Waals surface area contributed by atoms with Crippen molar-refractivity contribution in [2.24, 2.45) is 0 Å². The summed E-state index contributed by atoms with van der Waals surface area (Å²) >= 11 is 0. The van der Waals surface area contributed by atoms with Crippen LogP contribution >= 0.6 is 0 Å². The molecule has 0 fully saturated rings. The van der Waals surface area contributed by atoms with Gasteiger partial charge in [0.05, 0.1) is 0 Å². The normalized spacial score (nSPS) is 10.6. The van der Waals surface area contributed by atoms with E-state index in [1.165, 1.54) is 0 Å². The molecular formula is C16H15N3. The molecule has 94 valence electrons. The first kappa shape index (κ1) is 11.7. The van der Waals surface area contributed by atoms with Crippen LogP contribution in [0, 0.1) is 0 Å². The highest BCUT2D eigenvalue weighted by atomic mass is 15.2. The Morgan fingerprint density at radius 1 is 0.842 bits per heavy atom. The van der Waals surface area contributed by atoms with Crippen LogP contribution in [0.1, 0.15) is 6.92 Å². The summed E-state index contributed by atoms with van der Waals surface area (Å²) in [7, 11) is 0. The molecule has 3 aromatic rings. The highest BCUT2D eigenvalue weighted by molar-refractivity contribution is 5.99. The smallest absolute Gasteiger partial charge is 0.156 e. The summed E-state index contributed by atoms with van der Waals surface area (Å²) in [6.45, 7) is 2.89. The van der Waals surface area contributed by atoms with Gasteiger partial charge < -0.3 is 5.32 Å². The van der Waals surface area contributed by atoms with Crippen LogP contribution in [0.4, 0.5) is 5.82 Å². The number of fused-ring (bicyclic) bond motifs is 1. The maximum Gasteiger partial charge on any atom is 0.156 e. The van der Waals surface area contributed by atoms with Crippen LogP contribution < -0.4 is 5.32 Å². The van der Waals surface area contributed by atoms with Gasteiger partial charge in [-0.1, -0.05) is 54.6 Å². The predicted octanol–water partition coefficient (Wildman–Crippen LogP) is 3.73. The first-order valence-electron chi connectivity index (χ1n) is 6.45. The van der Waals surface area contributed by atoms with Crippen LogP contribution in [0.2, 0.25) is 0 Å². The van der Waals surface area contributed by atoms with Gasteiger partial charge in [0.2, 0.25) is 0 Å². The van der Waals surface area contributed by atoms with Gasteiger partial charge in [0.1, 0.15) is 5.69 Å². The molecule has 1 heterocycles. The number of hydrogen-bond donors (Lipinski definition) is 1. The Kier molecular flexibility index (Phi) is 3.11. The quantitative estimate of drug-likeness (QED) is 0.768. The van der Waals surface area contributed by atoms with E-state index in [9.17, 15) is 0 Å². The maximum atomic E-state index is 4.38. The van der Waals surface area contributed by atoms with Crippen LogP contribution in [-0.4, -0.2) is 16.7 Å². The molecule has 0 radical (unpaired) electrons. The van der Waals surface area contributed by atoms with Crippen molar-refractivity contribution in [1.29, 1.82) is 0 Å². The van der Waals surface area contributed by atoms with Crippen LogP contribution in [0.5, 0.6) is 0 Å². The fraction of sp³-hybridized carbons (Fsp3) is 0.125. The molecule has 0 saturated heterocycles. The summed E-state index contributed by atoms with van der Waals surface area (Å²) in [5.41, 5.74) is 2.02. The standard InChI is InChI=1S/C16H15N3/c1-2-17-16-14-11-7-6-10-13(14)15(18-19-16)12-8-4-3-5-9-12/h3-11H,2H2,1H3,(H,17,19). The van der Waals surface area contributed by atoms with Crippen molar-refractivity contribution < 1.29 is 0 Å². The number of aromatic nitrogens is 2.